The molecule has 3 nitrogen and oxygen atoms in total. The van der Waals surface area contributed by atoms with Crippen molar-refractivity contribution >= 4 is 5.69 Å². The van der Waals surface area contributed by atoms with Gasteiger partial charge in [-0.25, -0.2) is 4.39 Å². The van der Waals surface area contributed by atoms with Crippen LogP contribution in [-0.4, -0.2) is 45.2 Å². The quantitative estimate of drug-likeness (QED) is 0.914. The lowest BCUT2D eigenvalue weighted by Gasteiger charge is -2.38. The molecule has 1 fully saturated rings. The predicted octanol–water partition coefficient (Wildman–Crippen LogP) is 2.64. The molecule has 1 aliphatic rings. The molecule has 4 heteroatoms. The van der Waals surface area contributed by atoms with E-state index in [0.717, 1.165) is 31.5 Å². The van der Waals surface area contributed by atoms with Crippen LogP contribution in [0, 0.1) is 5.82 Å². The second kappa shape index (κ2) is 6.55. The maximum absolute atomic E-state index is 13.5. The number of rotatable bonds is 4. The molecule has 0 aliphatic carbocycles. The first kappa shape index (κ1) is 15.3. The number of hydrogen-bond acceptors (Lipinski definition) is 3. The van der Waals surface area contributed by atoms with Gasteiger partial charge in [-0.1, -0.05) is 0 Å². The van der Waals surface area contributed by atoms with Gasteiger partial charge in [-0.2, -0.15) is 0 Å². The molecule has 1 aromatic rings. The van der Waals surface area contributed by atoms with E-state index in [9.17, 15) is 4.39 Å². The molecular formula is C16H26FN3. The van der Waals surface area contributed by atoms with Crippen LogP contribution in [0.1, 0.15) is 31.4 Å². The summed E-state index contributed by atoms with van der Waals surface area (Å²) in [5.74, 6) is -0.158. The van der Waals surface area contributed by atoms with E-state index >= 15 is 0 Å². The number of hydrogen-bond donors (Lipinski definition) is 1. The van der Waals surface area contributed by atoms with Crippen LogP contribution in [0.5, 0.6) is 0 Å². The Kier molecular flexibility index (Phi) is 5.00. The second-order valence-electron chi connectivity index (χ2n) is 5.90. The lowest BCUT2D eigenvalue weighted by atomic mass is 10.00. The monoisotopic (exact) mass is 279 g/mol. The van der Waals surface area contributed by atoms with E-state index < -0.39 is 0 Å². The number of anilines is 1. The highest BCUT2D eigenvalue weighted by atomic mass is 19.1. The van der Waals surface area contributed by atoms with Crippen molar-refractivity contribution in [2.24, 2.45) is 0 Å². The van der Waals surface area contributed by atoms with Crippen LogP contribution in [0.3, 0.4) is 0 Å². The van der Waals surface area contributed by atoms with Crippen LogP contribution in [-0.2, 0) is 0 Å². The van der Waals surface area contributed by atoms with Crippen LogP contribution in [0.2, 0.25) is 0 Å². The SMILES string of the molecule is CNC(C)c1cc(F)ccc1N1CCC(N(C)C)CC1. The van der Waals surface area contributed by atoms with E-state index in [1.54, 1.807) is 12.1 Å². The molecule has 1 heterocycles. The average Bonchev–Trinajstić information content (AvgIpc) is 2.46. The first-order chi connectivity index (χ1) is 9.52. The molecule has 0 spiro atoms. The number of benzene rings is 1. The Morgan fingerprint density at radius 3 is 2.50 bits per heavy atom. The first-order valence-electron chi connectivity index (χ1n) is 7.41. The molecule has 0 bridgehead atoms. The highest BCUT2D eigenvalue weighted by Crippen LogP contribution is 2.30. The largest absolute Gasteiger partial charge is 0.371 e. The summed E-state index contributed by atoms with van der Waals surface area (Å²) in [5.41, 5.74) is 2.22. The average molecular weight is 279 g/mol. The van der Waals surface area contributed by atoms with Gasteiger partial charge in [0.2, 0.25) is 0 Å². The molecule has 1 atom stereocenters. The molecule has 1 saturated heterocycles. The predicted molar refractivity (Wildman–Crippen MR) is 82.8 cm³/mol. The Labute approximate surface area is 121 Å². The molecule has 0 amide bonds. The fraction of sp³-hybridized carbons (Fsp3) is 0.625. The van der Waals surface area contributed by atoms with Crippen LogP contribution < -0.4 is 10.2 Å². The van der Waals surface area contributed by atoms with E-state index in [-0.39, 0.29) is 11.9 Å². The van der Waals surface area contributed by atoms with Gasteiger partial charge in [-0.05, 0) is 64.7 Å². The minimum atomic E-state index is -0.158. The van der Waals surface area contributed by atoms with Gasteiger partial charge in [0.1, 0.15) is 5.82 Å². The molecule has 0 aromatic heterocycles. The van der Waals surface area contributed by atoms with Gasteiger partial charge in [0, 0.05) is 30.9 Å². The van der Waals surface area contributed by atoms with E-state index in [1.807, 2.05) is 13.1 Å². The van der Waals surface area contributed by atoms with E-state index in [2.05, 4.69) is 36.1 Å². The number of nitrogens with one attached hydrogen (secondary N) is 1. The first-order valence-corrected chi connectivity index (χ1v) is 7.41. The zero-order valence-electron chi connectivity index (χ0n) is 13.0. The Balaban J connectivity index is 2.17. The van der Waals surface area contributed by atoms with Crippen LogP contribution >= 0.6 is 0 Å². The third kappa shape index (κ3) is 3.30. The molecule has 2 rings (SSSR count). The molecule has 0 radical (unpaired) electrons. The summed E-state index contributed by atoms with van der Waals surface area (Å²) in [4.78, 5) is 4.70. The van der Waals surface area contributed by atoms with Gasteiger partial charge in [-0.15, -0.1) is 0 Å². The van der Waals surface area contributed by atoms with Gasteiger partial charge in [0.25, 0.3) is 0 Å². The fourth-order valence-corrected chi connectivity index (χ4v) is 2.94. The van der Waals surface area contributed by atoms with Crippen molar-refractivity contribution in [3.8, 4) is 0 Å². The molecule has 112 valence electrons. The van der Waals surface area contributed by atoms with Gasteiger partial charge in [0.05, 0.1) is 0 Å². The highest BCUT2D eigenvalue weighted by Gasteiger charge is 2.23. The summed E-state index contributed by atoms with van der Waals surface area (Å²) in [6.07, 6.45) is 2.33. The smallest absolute Gasteiger partial charge is 0.123 e. The molecule has 0 saturated carbocycles. The summed E-state index contributed by atoms with van der Waals surface area (Å²) in [6.45, 7) is 4.15. The van der Waals surface area contributed by atoms with Crippen LogP contribution in [0.4, 0.5) is 10.1 Å². The number of halogens is 1. The van der Waals surface area contributed by atoms with E-state index in [1.165, 1.54) is 5.69 Å². The van der Waals surface area contributed by atoms with Crippen molar-refractivity contribution in [3.05, 3.63) is 29.6 Å². The van der Waals surface area contributed by atoms with Gasteiger partial charge in [0.15, 0.2) is 0 Å². The maximum Gasteiger partial charge on any atom is 0.123 e. The Bertz CT molecular complexity index is 439. The standard InChI is InChI=1S/C16H26FN3/c1-12(18-2)15-11-13(17)5-6-16(15)20-9-7-14(8-10-20)19(3)4/h5-6,11-12,14,18H,7-10H2,1-4H3. The normalized spacial score (nSPS) is 18.6. The number of nitrogens with zero attached hydrogens (tertiary/aromatic N) is 2. The molecule has 1 aromatic carbocycles. The summed E-state index contributed by atoms with van der Waals surface area (Å²) < 4.78 is 13.5. The molecule has 1 aliphatic heterocycles. The molecule has 1 unspecified atom stereocenters. The van der Waals surface area contributed by atoms with Crippen molar-refractivity contribution in [1.29, 1.82) is 0 Å². The lowest BCUT2D eigenvalue weighted by molar-refractivity contribution is 0.249. The Morgan fingerprint density at radius 1 is 1.30 bits per heavy atom. The van der Waals surface area contributed by atoms with Crippen molar-refractivity contribution in [1.82, 2.24) is 10.2 Å². The van der Waals surface area contributed by atoms with Gasteiger partial charge in [-0.3, -0.25) is 0 Å². The topological polar surface area (TPSA) is 18.5 Å². The maximum atomic E-state index is 13.5. The minimum absolute atomic E-state index is 0.158. The summed E-state index contributed by atoms with van der Waals surface area (Å²) >= 11 is 0. The molecule has 1 N–H and O–H groups in total. The summed E-state index contributed by atoms with van der Waals surface area (Å²) in [6, 6.07) is 5.98. The van der Waals surface area contributed by atoms with Crippen LogP contribution in [0.15, 0.2) is 18.2 Å². The zero-order valence-corrected chi connectivity index (χ0v) is 13.0. The van der Waals surface area contributed by atoms with Crippen molar-refractivity contribution in [3.63, 3.8) is 0 Å². The summed E-state index contributed by atoms with van der Waals surface area (Å²) in [5, 5.41) is 3.21. The van der Waals surface area contributed by atoms with Crippen molar-refractivity contribution < 1.29 is 4.39 Å². The third-order valence-corrected chi connectivity index (χ3v) is 4.42. The highest BCUT2D eigenvalue weighted by molar-refractivity contribution is 5.55. The molecular weight excluding hydrogens is 253 g/mol. The Morgan fingerprint density at radius 2 is 1.95 bits per heavy atom. The van der Waals surface area contributed by atoms with E-state index in [0.29, 0.717) is 6.04 Å². The van der Waals surface area contributed by atoms with Gasteiger partial charge >= 0.3 is 0 Å². The summed E-state index contributed by atoms with van der Waals surface area (Å²) in [7, 11) is 6.21. The molecule has 20 heavy (non-hydrogen) atoms. The van der Waals surface area contributed by atoms with Crippen LogP contribution in [0.25, 0.3) is 0 Å². The van der Waals surface area contributed by atoms with Gasteiger partial charge < -0.3 is 15.1 Å². The second-order valence-corrected chi connectivity index (χ2v) is 5.90. The zero-order chi connectivity index (χ0) is 14.7. The van der Waals surface area contributed by atoms with E-state index in [4.69, 9.17) is 0 Å². The third-order valence-electron chi connectivity index (χ3n) is 4.42. The van der Waals surface area contributed by atoms with Crippen molar-refractivity contribution in [2.45, 2.75) is 31.8 Å². The number of piperidine rings is 1. The lowest BCUT2D eigenvalue weighted by Crippen LogP contribution is -2.42. The minimum Gasteiger partial charge on any atom is -0.371 e. The Hall–Kier alpha value is -1.13. The van der Waals surface area contributed by atoms with Crippen molar-refractivity contribution in [2.75, 3.05) is 39.1 Å². The fourth-order valence-electron chi connectivity index (χ4n) is 2.94.